The Morgan fingerprint density at radius 2 is 0.734 bits per heavy atom. The highest BCUT2D eigenvalue weighted by molar-refractivity contribution is 5.70. The first-order valence-corrected chi connectivity index (χ1v) is 27.1. The van der Waals surface area contributed by atoms with Crippen molar-refractivity contribution in [3.8, 4) is 0 Å². The van der Waals surface area contributed by atoms with Gasteiger partial charge in [0, 0.05) is 19.4 Å². The molecular weight excluding hydrogens is 789 g/mol. The fraction of sp³-hybridized carbons (Fsp3) is 0.729. The maximum atomic E-state index is 12.8. The predicted molar refractivity (Wildman–Crippen MR) is 279 cm³/mol. The van der Waals surface area contributed by atoms with Crippen LogP contribution in [0.15, 0.2) is 85.1 Å². The standard InChI is InChI=1S/C59H102O5/c1-4-7-10-13-16-19-22-25-28-29-30-31-33-34-37-40-43-46-49-52-58(60)63-56-57(55-62-54-51-48-45-42-39-36-27-24-21-18-15-12-9-6-3)64-59(61)53-50-47-44-41-38-35-32-26-23-20-17-14-11-8-5-2/h8,11-12,15,17,20-21,24-26,28,32,38,41,57H,4-7,9-10,13-14,16,18-19,22-23,27,29-31,33-37,39-40,42-56H2,1-3H3/b11-8-,15-12-,20-17-,24-21-,28-25-,32-26-,41-38-. The number of carbonyl (C=O) groups is 2. The molecule has 5 heteroatoms. The second-order valence-corrected chi connectivity index (χ2v) is 17.7. The average Bonchev–Trinajstić information content (AvgIpc) is 3.30. The van der Waals surface area contributed by atoms with Crippen molar-refractivity contribution in [1.29, 1.82) is 0 Å². The zero-order valence-electron chi connectivity index (χ0n) is 42.3. The summed E-state index contributed by atoms with van der Waals surface area (Å²) in [6.45, 7) is 7.59. The molecule has 368 valence electrons. The number of esters is 2. The van der Waals surface area contributed by atoms with Gasteiger partial charge in [-0.25, -0.2) is 0 Å². The van der Waals surface area contributed by atoms with Crippen LogP contribution in [0.1, 0.15) is 252 Å². The van der Waals surface area contributed by atoms with Gasteiger partial charge in [-0.05, 0) is 109 Å². The van der Waals surface area contributed by atoms with Gasteiger partial charge in [0.15, 0.2) is 6.10 Å². The van der Waals surface area contributed by atoms with Gasteiger partial charge < -0.3 is 14.2 Å². The van der Waals surface area contributed by atoms with E-state index in [0.717, 1.165) is 77.0 Å². The van der Waals surface area contributed by atoms with Crippen molar-refractivity contribution in [2.24, 2.45) is 0 Å². The fourth-order valence-electron chi connectivity index (χ4n) is 7.36. The molecule has 0 aromatic carbocycles. The van der Waals surface area contributed by atoms with E-state index in [0.29, 0.717) is 19.4 Å². The molecule has 0 amide bonds. The molecule has 1 atom stereocenters. The van der Waals surface area contributed by atoms with Crippen LogP contribution in [0.4, 0.5) is 0 Å². The van der Waals surface area contributed by atoms with Gasteiger partial charge in [-0.15, -0.1) is 0 Å². The predicted octanol–water partition coefficient (Wildman–Crippen LogP) is 18.5. The molecule has 5 nitrogen and oxygen atoms in total. The highest BCUT2D eigenvalue weighted by Gasteiger charge is 2.17. The smallest absolute Gasteiger partial charge is 0.306 e. The Morgan fingerprint density at radius 1 is 0.359 bits per heavy atom. The van der Waals surface area contributed by atoms with E-state index in [1.54, 1.807) is 0 Å². The molecule has 0 aliphatic heterocycles. The van der Waals surface area contributed by atoms with Crippen molar-refractivity contribution < 1.29 is 23.8 Å². The summed E-state index contributed by atoms with van der Waals surface area (Å²) in [6, 6.07) is 0. The van der Waals surface area contributed by atoms with E-state index in [1.807, 2.05) is 0 Å². The molecule has 0 radical (unpaired) electrons. The number of carbonyl (C=O) groups excluding carboxylic acids is 2. The molecule has 0 saturated carbocycles. The van der Waals surface area contributed by atoms with Crippen LogP contribution in [0, 0.1) is 0 Å². The van der Waals surface area contributed by atoms with Gasteiger partial charge in [0.05, 0.1) is 6.61 Å². The van der Waals surface area contributed by atoms with Crippen LogP contribution < -0.4 is 0 Å². The van der Waals surface area contributed by atoms with Crippen LogP contribution in [0.3, 0.4) is 0 Å². The molecule has 64 heavy (non-hydrogen) atoms. The maximum absolute atomic E-state index is 12.8. The van der Waals surface area contributed by atoms with E-state index in [9.17, 15) is 9.59 Å². The Balaban J connectivity index is 4.32. The van der Waals surface area contributed by atoms with Crippen molar-refractivity contribution >= 4 is 11.9 Å². The lowest BCUT2D eigenvalue weighted by Crippen LogP contribution is -2.30. The first-order chi connectivity index (χ1) is 31.6. The van der Waals surface area contributed by atoms with Gasteiger partial charge in [-0.1, -0.05) is 215 Å². The zero-order valence-corrected chi connectivity index (χ0v) is 42.3. The number of unbranched alkanes of at least 4 members (excludes halogenated alkanes) is 24. The summed E-state index contributed by atoms with van der Waals surface area (Å²) >= 11 is 0. The minimum absolute atomic E-state index is 0.0604. The van der Waals surface area contributed by atoms with E-state index in [-0.39, 0.29) is 25.2 Å². The Hall–Kier alpha value is -2.92. The Labute approximate surface area is 397 Å². The first kappa shape index (κ1) is 61.1. The first-order valence-electron chi connectivity index (χ1n) is 27.1. The number of hydrogen-bond acceptors (Lipinski definition) is 5. The van der Waals surface area contributed by atoms with Crippen LogP contribution in [0.2, 0.25) is 0 Å². The largest absolute Gasteiger partial charge is 0.462 e. The Kier molecular flexibility index (Phi) is 51.9. The summed E-state index contributed by atoms with van der Waals surface area (Å²) in [5, 5.41) is 0. The molecule has 1 unspecified atom stereocenters. The van der Waals surface area contributed by atoms with Crippen LogP contribution in [0.25, 0.3) is 0 Å². The number of rotatable bonds is 49. The summed E-state index contributed by atoms with van der Waals surface area (Å²) in [5.41, 5.74) is 0. The minimum atomic E-state index is -0.567. The molecule has 0 aliphatic carbocycles. The summed E-state index contributed by atoms with van der Waals surface area (Å²) in [4.78, 5) is 25.4. The molecule has 0 aromatic heterocycles. The van der Waals surface area contributed by atoms with E-state index in [2.05, 4.69) is 106 Å². The lowest BCUT2D eigenvalue weighted by molar-refractivity contribution is -0.163. The van der Waals surface area contributed by atoms with Gasteiger partial charge in [0.25, 0.3) is 0 Å². The third-order valence-electron chi connectivity index (χ3n) is 11.4. The number of ether oxygens (including phenoxy) is 3. The topological polar surface area (TPSA) is 61.8 Å². The van der Waals surface area contributed by atoms with E-state index >= 15 is 0 Å². The van der Waals surface area contributed by atoms with Gasteiger partial charge in [-0.2, -0.15) is 0 Å². The van der Waals surface area contributed by atoms with E-state index < -0.39 is 6.10 Å². The van der Waals surface area contributed by atoms with Gasteiger partial charge in [0.1, 0.15) is 6.61 Å². The Bertz CT molecular complexity index is 1190. The summed E-state index contributed by atoms with van der Waals surface area (Å²) in [6.07, 6.45) is 71.7. The van der Waals surface area contributed by atoms with Crippen molar-refractivity contribution in [1.82, 2.24) is 0 Å². The number of hydrogen-bond donors (Lipinski definition) is 0. The van der Waals surface area contributed by atoms with Crippen molar-refractivity contribution in [2.45, 2.75) is 258 Å². The molecular formula is C59H102O5. The molecule has 0 aliphatic rings. The minimum Gasteiger partial charge on any atom is -0.462 e. The summed E-state index contributed by atoms with van der Waals surface area (Å²) in [7, 11) is 0. The highest BCUT2D eigenvalue weighted by Crippen LogP contribution is 2.14. The maximum Gasteiger partial charge on any atom is 0.306 e. The second-order valence-electron chi connectivity index (χ2n) is 17.7. The third kappa shape index (κ3) is 51.7. The SMILES string of the molecule is CC/C=C\C/C=C\C/C=C\C/C=C\CCCCC(=O)OC(COCCCCCCCC/C=C\C/C=C\CCC)COC(=O)CCCCCCCCCCC/C=C\CCCCCCCC. The average molecular weight is 891 g/mol. The monoisotopic (exact) mass is 891 g/mol. The Morgan fingerprint density at radius 3 is 1.23 bits per heavy atom. The molecule has 0 spiro atoms. The van der Waals surface area contributed by atoms with E-state index in [4.69, 9.17) is 14.2 Å². The normalized spacial score (nSPS) is 12.9. The third-order valence-corrected chi connectivity index (χ3v) is 11.4. The highest BCUT2D eigenvalue weighted by atomic mass is 16.6. The van der Waals surface area contributed by atoms with Crippen LogP contribution in [0.5, 0.6) is 0 Å². The molecule has 0 aromatic rings. The molecule has 0 fully saturated rings. The lowest BCUT2D eigenvalue weighted by atomic mass is 10.1. The van der Waals surface area contributed by atoms with Crippen LogP contribution in [-0.2, 0) is 23.8 Å². The molecule has 0 heterocycles. The quantitative estimate of drug-likeness (QED) is 0.0346. The van der Waals surface area contributed by atoms with Crippen molar-refractivity contribution in [3.05, 3.63) is 85.1 Å². The lowest BCUT2D eigenvalue weighted by Gasteiger charge is -2.18. The zero-order chi connectivity index (χ0) is 46.3. The number of allylic oxidation sites excluding steroid dienone is 14. The summed E-state index contributed by atoms with van der Waals surface area (Å²) in [5.74, 6) is -0.451. The van der Waals surface area contributed by atoms with Crippen molar-refractivity contribution in [2.75, 3.05) is 19.8 Å². The van der Waals surface area contributed by atoms with Gasteiger partial charge >= 0.3 is 11.9 Å². The van der Waals surface area contributed by atoms with Gasteiger partial charge in [0.2, 0.25) is 0 Å². The van der Waals surface area contributed by atoms with Crippen molar-refractivity contribution in [3.63, 3.8) is 0 Å². The molecule has 0 saturated heterocycles. The summed E-state index contributed by atoms with van der Waals surface area (Å²) < 4.78 is 17.4. The second kappa shape index (κ2) is 54.4. The fourth-order valence-corrected chi connectivity index (χ4v) is 7.36. The van der Waals surface area contributed by atoms with Crippen LogP contribution in [-0.4, -0.2) is 37.9 Å². The van der Waals surface area contributed by atoms with Crippen LogP contribution >= 0.6 is 0 Å². The van der Waals surface area contributed by atoms with E-state index in [1.165, 1.54) is 141 Å². The molecule has 0 N–H and O–H groups in total. The molecule has 0 bridgehead atoms. The van der Waals surface area contributed by atoms with Gasteiger partial charge in [-0.3, -0.25) is 9.59 Å². The molecule has 0 rings (SSSR count).